The van der Waals surface area contributed by atoms with Gasteiger partial charge in [-0.3, -0.25) is 4.79 Å². The Morgan fingerprint density at radius 2 is 1.86 bits per heavy atom. The van der Waals surface area contributed by atoms with Crippen LogP contribution in [0.3, 0.4) is 0 Å². The van der Waals surface area contributed by atoms with Gasteiger partial charge in [-0.2, -0.15) is 5.26 Å². The van der Waals surface area contributed by atoms with Crippen LogP contribution in [0.1, 0.15) is 15.2 Å². The van der Waals surface area contributed by atoms with Crippen LogP contribution < -0.4 is 4.90 Å². The Morgan fingerprint density at radius 3 is 2.52 bits per heavy atom. The Bertz CT molecular complexity index is 667. The first kappa shape index (κ1) is 13.7. The van der Waals surface area contributed by atoms with E-state index in [1.54, 1.807) is 0 Å². The lowest BCUT2D eigenvalue weighted by Crippen LogP contribution is -2.48. The lowest BCUT2D eigenvalue weighted by atomic mass is 10.1. The molecular formula is C16H15N3OS. The second-order valence-corrected chi connectivity index (χ2v) is 5.83. The Morgan fingerprint density at radius 1 is 1.10 bits per heavy atom. The largest absolute Gasteiger partial charge is 0.367 e. The van der Waals surface area contributed by atoms with E-state index in [1.807, 2.05) is 46.7 Å². The Labute approximate surface area is 127 Å². The van der Waals surface area contributed by atoms with Crippen LogP contribution >= 0.6 is 11.3 Å². The summed E-state index contributed by atoms with van der Waals surface area (Å²) in [6.07, 6.45) is 0. The molecule has 2 aromatic rings. The average molecular weight is 297 g/mol. The number of nitrogens with zero attached hydrogens (tertiary/aromatic N) is 3. The van der Waals surface area contributed by atoms with Crippen molar-refractivity contribution >= 4 is 22.9 Å². The van der Waals surface area contributed by atoms with Gasteiger partial charge in [-0.1, -0.05) is 18.2 Å². The molecule has 1 saturated heterocycles. The zero-order valence-electron chi connectivity index (χ0n) is 11.5. The van der Waals surface area contributed by atoms with E-state index in [9.17, 15) is 10.1 Å². The maximum atomic E-state index is 12.3. The summed E-state index contributed by atoms with van der Waals surface area (Å²) >= 11 is 1.48. The number of amides is 1. The SMILES string of the molecule is N#Cc1ccccc1N1CCN(C(=O)c2cccs2)CC1. The van der Waals surface area contributed by atoms with E-state index in [1.165, 1.54) is 11.3 Å². The third-order valence-electron chi connectivity index (χ3n) is 3.66. The highest BCUT2D eigenvalue weighted by Crippen LogP contribution is 2.22. The van der Waals surface area contributed by atoms with E-state index < -0.39 is 0 Å². The quantitative estimate of drug-likeness (QED) is 0.856. The summed E-state index contributed by atoms with van der Waals surface area (Å²) in [5, 5.41) is 11.1. The van der Waals surface area contributed by atoms with E-state index in [-0.39, 0.29) is 5.91 Å². The van der Waals surface area contributed by atoms with Crippen molar-refractivity contribution in [1.82, 2.24) is 4.90 Å². The zero-order chi connectivity index (χ0) is 14.7. The number of anilines is 1. The second-order valence-electron chi connectivity index (χ2n) is 4.89. The monoisotopic (exact) mass is 297 g/mol. The molecular weight excluding hydrogens is 282 g/mol. The van der Waals surface area contributed by atoms with Crippen LogP contribution in [0.2, 0.25) is 0 Å². The van der Waals surface area contributed by atoms with E-state index in [0.717, 1.165) is 23.7 Å². The van der Waals surface area contributed by atoms with E-state index in [0.29, 0.717) is 18.7 Å². The van der Waals surface area contributed by atoms with Crippen molar-refractivity contribution < 1.29 is 4.79 Å². The van der Waals surface area contributed by atoms with Crippen LogP contribution in [-0.2, 0) is 0 Å². The average Bonchev–Trinajstić information content (AvgIpc) is 3.09. The van der Waals surface area contributed by atoms with Crippen molar-refractivity contribution in [2.75, 3.05) is 31.1 Å². The van der Waals surface area contributed by atoms with Crippen molar-refractivity contribution in [3.8, 4) is 6.07 Å². The topological polar surface area (TPSA) is 47.3 Å². The Balaban J connectivity index is 1.68. The molecule has 1 aliphatic rings. The Kier molecular flexibility index (Phi) is 3.89. The molecule has 1 aliphatic heterocycles. The van der Waals surface area contributed by atoms with Crippen LogP contribution in [0.25, 0.3) is 0 Å². The number of carbonyl (C=O) groups excluding carboxylic acids is 1. The van der Waals surface area contributed by atoms with Gasteiger partial charge in [-0.15, -0.1) is 11.3 Å². The molecule has 1 aromatic heterocycles. The molecule has 0 aliphatic carbocycles. The summed E-state index contributed by atoms with van der Waals surface area (Å²) in [5.41, 5.74) is 1.65. The van der Waals surface area contributed by atoms with Crippen LogP contribution in [-0.4, -0.2) is 37.0 Å². The molecule has 0 spiro atoms. The molecule has 3 rings (SSSR count). The second kappa shape index (κ2) is 5.98. The normalized spacial score (nSPS) is 14.8. The minimum atomic E-state index is 0.109. The third-order valence-corrected chi connectivity index (χ3v) is 4.52. The van der Waals surface area contributed by atoms with Crippen molar-refractivity contribution in [2.24, 2.45) is 0 Å². The Hall–Kier alpha value is -2.32. The number of nitriles is 1. The van der Waals surface area contributed by atoms with Crippen molar-refractivity contribution in [2.45, 2.75) is 0 Å². The fourth-order valence-electron chi connectivity index (χ4n) is 2.55. The fourth-order valence-corrected chi connectivity index (χ4v) is 3.24. The molecule has 0 atom stereocenters. The number of carbonyl (C=O) groups is 1. The molecule has 0 N–H and O–H groups in total. The van der Waals surface area contributed by atoms with Gasteiger partial charge in [0.05, 0.1) is 16.1 Å². The highest BCUT2D eigenvalue weighted by Gasteiger charge is 2.23. The molecule has 1 fully saturated rings. The van der Waals surface area contributed by atoms with E-state index >= 15 is 0 Å². The third kappa shape index (κ3) is 2.76. The summed E-state index contributed by atoms with van der Waals surface area (Å²) in [5.74, 6) is 0.109. The first-order valence-corrected chi connectivity index (χ1v) is 7.74. The van der Waals surface area contributed by atoms with Crippen LogP contribution in [0, 0.1) is 11.3 Å². The van der Waals surface area contributed by atoms with Gasteiger partial charge in [0.1, 0.15) is 6.07 Å². The van der Waals surface area contributed by atoms with E-state index in [2.05, 4.69) is 11.0 Å². The van der Waals surface area contributed by atoms with Crippen molar-refractivity contribution in [3.63, 3.8) is 0 Å². The lowest BCUT2D eigenvalue weighted by molar-refractivity contribution is 0.0751. The molecule has 0 unspecified atom stereocenters. The minimum Gasteiger partial charge on any atom is -0.367 e. The van der Waals surface area contributed by atoms with Crippen molar-refractivity contribution in [3.05, 3.63) is 52.2 Å². The summed E-state index contributed by atoms with van der Waals surface area (Å²) < 4.78 is 0. The van der Waals surface area contributed by atoms with Crippen molar-refractivity contribution in [1.29, 1.82) is 5.26 Å². The first-order chi connectivity index (χ1) is 10.3. The number of rotatable bonds is 2. The number of hydrogen-bond donors (Lipinski definition) is 0. The van der Waals surface area contributed by atoms with Gasteiger partial charge in [0.15, 0.2) is 0 Å². The van der Waals surface area contributed by atoms with Gasteiger partial charge >= 0.3 is 0 Å². The number of piperazine rings is 1. The van der Waals surface area contributed by atoms with Gasteiger partial charge in [-0.25, -0.2) is 0 Å². The number of benzene rings is 1. The smallest absolute Gasteiger partial charge is 0.264 e. The number of thiophene rings is 1. The molecule has 0 saturated carbocycles. The van der Waals surface area contributed by atoms with Gasteiger partial charge in [-0.05, 0) is 23.6 Å². The summed E-state index contributed by atoms with van der Waals surface area (Å²) in [7, 11) is 0. The number of para-hydroxylation sites is 1. The number of hydrogen-bond acceptors (Lipinski definition) is 4. The highest BCUT2D eigenvalue weighted by atomic mass is 32.1. The van der Waals surface area contributed by atoms with Gasteiger partial charge in [0.25, 0.3) is 5.91 Å². The minimum absolute atomic E-state index is 0.109. The maximum Gasteiger partial charge on any atom is 0.264 e. The van der Waals surface area contributed by atoms with Gasteiger partial charge < -0.3 is 9.80 Å². The summed E-state index contributed by atoms with van der Waals surface area (Å²) in [6.45, 7) is 2.90. The molecule has 1 amide bonds. The molecule has 5 heteroatoms. The summed E-state index contributed by atoms with van der Waals surface area (Å²) in [4.78, 5) is 17.1. The standard InChI is InChI=1S/C16H15N3OS/c17-12-13-4-1-2-5-14(13)18-7-9-19(10-8-18)16(20)15-6-3-11-21-15/h1-6,11H,7-10H2. The predicted octanol–water partition coefficient (Wildman–Crippen LogP) is 2.58. The lowest BCUT2D eigenvalue weighted by Gasteiger charge is -2.36. The molecule has 1 aromatic carbocycles. The van der Waals surface area contributed by atoms with Crippen LogP contribution in [0.15, 0.2) is 41.8 Å². The zero-order valence-corrected chi connectivity index (χ0v) is 12.3. The molecule has 106 valence electrons. The maximum absolute atomic E-state index is 12.3. The summed E-state index contributed by atoms with van der Waals surface area (Å²) in [6, 6.07) is 13.6. The van der Waals surface area contributed by atoms with Crippen LogP contribution in [0.4, 0.5) is 5.69 Å². The molecule has 2 heterocycles. The van der Waals surface area contributed by atoms with Gasteiger partial charge in [0, 0.05) is 26.2 Å². The van der Waals surface area contributed by atoms with Gasteiger partial charge in [0.2, 0.25) is 0 Å². The molecule has 21 heavy (non-hydrogen) atoms. The predicted molar refractivity (Wildman–Crippen MR) is 83.6 cm³/mol. The molecule has 0 bridgehead atoms. The van der Waals surface area contributed by atoms with E-state index in [4.69, 9.17) is 0 Å². The first-order valence-electron chi connectivity index (χ1n) is 6.86. The molecule has 0 radical (unpaired) electrons. The fraction of sp³-hybridized carbons (Fsp3) is 0.250. The van der Waals surface area contributed by atoms with Crippen LogP contribution in [0.5, 0.6) is 0 Å². The highest BCUT2D eigenvalue weighted by molar-refractivity contribution is 7.12. The molecule has 4 nitrogen and oxygen atoms in total.